The summed E-state index contributed by atoms with van der Waals surface area (Å²) < 4.78 is 10.4. The van der Waals surface area contributed by atoms with Crippen LogP contribution in [0.1, 0.15) is 11.1 Å². The fraction of sp³-hybridized carbons (Fsp3) is 0.417. The zero-order chi connectivity index (χ0) is 14.6. The van der Waals surface area contributed by atoms with Crippen molar-refractivity contribution in [1.29, 1.82) is 0 Å². The van der Waals surface area contributed by atoms with E-state index in [1.165, 1.54) is 0 Å². The Hall–Kier alpha value is -0.710. The smallest absolute Gasteiger partial charge is 0.253 e. The minimum atomic E-state index is -1.80. The minimum Gasteiger partial charge on any atom is -0.362 e. The van der Waals surface area contributed by atoms with Crippen molar-refractivity contribution in [2.24, 2.45) is 0 Å². The van der Waals surface area contributed by atoms with Gasteiger partial charge >= 0.3 is 0 Å². The zero-order valence-corrected chi connectivity index (χ0v) is 12.7. The van der Waals surface area contributed by atoms with Crippen molar-refractivity contribution < 1.29 is 9.18 Å². The molecule has 7 heteroatoms. The summed E-state index contributed by atoms with van der Waals surface area (Å²) in [5, 5.41) is 5.16. The van der Waals surface area contributed by atoms with Crippen LogP contribution in [-0.2, 0) is 4.79 Å². The number of nitrogens with one attached hydrogen (secondary N) is 2. The van der Waals surface area contributed by atoms with Crippen LogP contribution in [0, 0.1) is 13.8 Å². The van der Waals surface area contributed by atoms with Crippen LogP contribution in [0.4, 0.5) is 10.1 Å². The molecule has 2 N–H and O–H groups in total. The lowest BCUT2D eigenvalue weighted by molar-refractivity contribution is -0.122. The Morgan fingerprint density at radius 3 is 2.47 bits per heavy atom. The van der Waals surface area contributed by atoms with Gasteiger partial charge in [-0.3, -0.25) is 4.79 Å². The summed E-state index contributed by atoms with van der Waals surface area (Å²) in [6, 6.07) is 5.62. The van der Waals surface area contributed by atoms with E-state index in [2.05, 4.69) is 10.6 Å². The van der Waals surface area contributed by atoms with Crippen molar-refractivity contribution in [2.75, 3.05) is 12.0 Å². The number of alkyl halides is 4. The normalized spacial score (nSPS) is 12.9. The number of halogens is 4. The lowest BCUT2D eigenvalue weighted by Crippen LogP contribution is -2.49. The van der Waals surface area contributed by atoms with Crippen LogP contribution in [0.25, 0.3) is 0 Å². The summed E-state index contributed by atoms with van der Waals surface area (Å²) in [7, 11) is 0. The molecule has 0 aliphatic carbocycles. The third-order valence-corrected chi connectivity index (χ3v) is 3.09. The Kier molecular flexibility index (Phi) is 5.71. The number of aryl methyl sites for hydroxylation is 2. The van der Waals surface area contributed by atoms with Gasteiger partial charge in [0.05, 0.1) is 0 Å². The monoisotopic (exact) mass is 326 g/mol. The standard InChI is InChI=1S/C12H14Cl3FN2O/c1-7-3-4-9(8(2)5-7)17-11(12(13,14)15)18-10(19)6-16/h3-5,11,17H,6H2,1-2H3,(H,18,19). The molecule has 1 rings (SSSR count). The van der Waals surface area contributed by atoms with Gasteiger partial charge in [-0.1, -0.05) is 52.5 Å². The molecule has 0 radical (unpaired) electrons. The van der Waals surface area contributed by atoms with Crippen LogP contribution < -0.4 is 10.6 Å². The summed E-state index contributed by atoms with van der Waals surface area (Å²) in [6.45, 7) is 2.65. The molecule has 0 heterocycles. The third-order valence-electron chi connectivity index (χ3n) is 2.44. The van der Waals surface area contributed by atoms with Crippen LogP contribution in [0.15, 0.2) is 18.2 Å². The number of hydrogen-bond acceptors (Lipinski definition) is 2. The van der Waals surface area contributed by atoms with Crippen molar-refractivity contribution >= 4 is 46.4 Å². The fourth-order valence-electron chi connectivity index (χ4n) is 1.53. The average molecular weight is 328 g/mol. The molecule has 0 saturated carbocycles. The highest BCUT2D eigenvalue weighted by molar-refractivity contribution is 6.68. The van der Waals surface area contributed by atoms with E-state index in [1.54, 1.807) is 6.07 Å². The summed E-state index contributed by atoms with van der Waals surface area (Å²) in [5.74, 6) is -0.853. The molecule has 1 unspecified atom stereocenters. The predicted molar refractivity (Wildman–Crippen MR) is 77.7 cm³/mol. The van der Waals surface area contributed by atoms with Gasteiger partial charge in [0.1, 0.15) is 6.17 Å². The summed E-state index contributed by atoms with van der Waals surface area (Å²) >= 11 is 17.3. The van der Waals surface area contributed by atoms with Gasteiger partial charge in [0.15, 0.2) is 6.67 Å². The molecule has 3 nitrogen and oxygen atoms in total. The summed E-state index contributed by atoms with van der Waals surface area (Å²) in [5.41, 5.74) is 2.70. The molecule has 0 spiro atoms. The van der Waals surface area contributed by atoms with E-state index in [1.807, 2.05) is 26.0 Å². The third kappa shape index (κ3) is 5.05. The molecule has 0 aliphatic heterocycles. The average Bonchev–Trinajstić information content (AvgIpc) is 2.29. The molecule has 19 heavy (non-hydrogen) atoms. The van der Waals surface area contributed by atoms with Gasteiger partial charge in [-0.15, -0.1) is 0 Å². The van der Waals surface area contributed by atoms with E-state index in [0.717, 1.165) is 11.1 Å². The number of amides is 1. The molecule has 0 fully saturated rings. The highest BCUT2D eigenvalue weighted by Crippen LogP contribution is 2.31. The Morgan fingerprint density at radius 1 is 1.37 bits per heavy atom. The first-order valence-electron chi connectivity index (χ1n) is 5.50. The van der Waals surface area contributed by atoms with Crippen LogP contribution >= 0.6 is 34.8 Å². The van der Waals surface area contributed by atoms with Gasteiger partial charge in [0.25, 0.3) is 5.91 Å². The maximum absolute atomic E-state index is 12.2. The largest absolute Gasteiger partial charge is 0.362 e. The first-order chi connectivity index (χ1) is 8.74. The summed E-state index contributed by atoms with van der Waals surface area (Å²) in [4.78, 5) is 11.1. The number of benzene rings is 1. The van der Waals surface area contributed by atoms with Crippen molar-refractivity contribution in [3.63, 3.8) is 0 Å². The number of carbonyl (C=O) groups excluding carboxylic acids is 1. The van der Waals surface area contributed by atoms with Crippen molar-refractivity contribution in [3.05, 3.63) is 29.3 Å². The molecule has 0 aromatic heterocycles. The van der Waals surface area contributed by atoms with E-state index in [9.17, 15) is 9.18 Å². The Morgan fingerprint density at radius 2 is 2.00 bits per heavy atom. The molecule has 1 amide bonds. The molecule has 1 atom stereocenters. The van der Waals surface area contributed by atoms with Gasteiger partial charge in [0, 0.05) is 5.69 Å². The Balaban J connectivity index is 2.91. The Labute approximate surface area is 126 Å². The molecule has 0 saturated heterocycles. The molecular weight excluding hydrogens is 314 g/mol. The number of carbonyl (C=O) groups is 1. The number of anilines is 1. The lowest BCUT2D eigenvalue weighted by Gasteiger charge is -2.27. The van der Waals surface area contributed by atoms with Crippen molar-refractivity contribution in [3.8, 4) is 0 Å². The summed E-state index contributed by atoms with van der Waals surface area (Å²) in [6.07, 6.45) is -1.03. The topological polar surface area (TPSA) is 41.1 Å². The molecule has 106 valence electrons. The zero-order valence-electron chi connectivity index (χ0n) is 10.4. The SMILES string of the molecule is Cc1ccc(NC(NC(=O)CF)C(Cl)(Cl)Cl)c(C)c1. The fourth-order valence-corrected chi connectivity index (χ4v) is 1.86. The van der Waals surface area contributed by atoms with E-state index < -0.39 is 22.5 Å². The maximum atomic E-state index is 12.2. The van der Waals surface area contributed by atoms with Gasteiger partial charge in [0.2, 0.25) is 3.79 Å². The van der Waals surface area contributed by atoms with E-state index >= 15 is 0 Å². The van der Waals surface area contributed by atoms with Crippen LogP contribution in [-0.4, -0.2) is 22.5 Å². The maximum Gasteiger partial charge on any atom is 0.253 e. The second-order valence-electron chi connectivity index (χ2n) is 4.14. The van der Waals surface area contributed by atoms with Gasteiger partial charge in [-0.05, 0) is 25.5 Å². The van der Waals surface area contributed by atoms with Crippen LogP contribution in [0.2, 0.25) is 0 Å². The van der Waals surface area contributed by atoms with Crippen molar-refractivity contribution in [2.45, 2.75) is 23.8 Å². The second kappa shape index (κ2) is 6.64. The second-order valence-corrected chi connectivity index (χ2v) is 6.51. The number of rotatable bonds is 4. The predicted octanol–water partition coefficient (Wildman–Crippen LogP) is 3.50. The molecule has 0 aliphatic rings. The van der Waals surface area contributed by atoms with Gasteiger partial charge in [-0.2, -0.15) is 0 Å². The van der Waals surface area contributed by atoms with E-state index in [4.69, 9.17) is 34.8 Å². The first kappa shape index (κ1) is 16.3. The molecule has 1 aromatic carbocycles. The number of hydrogen-bond donors (Lipinski definition) is 2. The van der Waals surface area contributed by atoms with E-state index in [0.29, 0.717) is 5.69 Å². The lowest BCUT2D eigenvalue weighted by atomic mass is 10.1. The van der Waals surface area contributed by atoms with Gasteiger partial charge < -0.3 is 10.6 Å². The quantitative estimate of drug-likeness (QED) is 0.656. The van der Waals surface area contributed by atoms with E-state index in [-0.39, 0.29) is 0 Å². The van der Waals surface area contributed by atoms with Crippen molar-refractivity contribution in [1.82, 2.24) is 5.32 Å². The molecule has 0 bridgehead atoms. The first-order valence-corrected chi connectivity index (χ1v) is 6.63. The molecular formula is C12H14Cl3FN2O. The highest BCUT2D eigenvalue weighted by atomic mass is 35.6. The Bertz CT molecular complexity index is 463. The molecule has 1 aromatic rings. The van der Waals surface area contributed by atoms with Crippen LogP contribution in [0.3, 0.4) is 0 Å². The van der Waals surface area contributed by atoms with Gasteiger partial charge in [-0.25, -0.2) is 4.39 Å². The highest BCUT2D eigenvalue weighted by Gasteiger charge is 2.34. The minimum absolute atomic E-state index is 0.695. The van der Waals surface area contributed by atoms with Crippen LogP contribution in [0.5, 0.6) is 0 Å².